The highest BCUT2D eigenvalue weighted by Gasteiger charge is 2.33. The molecule has 0 spiro atoms. The van der Waals surface area contributed by atoms with Crippen molar-refractivity contribution in [1.29, 1.82) is 0 Å². The van der Waals surface area contributed by atoms with Crippen LogP contribution in [0, 0.1) is 0 Å². The first kappa shape index (κ1) is 22.2. The number of aromatic nitrogens is 1. The molecule has 0 atom stereocenters. The molecule has 0 unspecified atom stereocenters. The molecule has 0 N–H and O–H groups in total. The number of fused-ring (bicyclic) bond motifs is 1. The number of carbonyl (C=O) groups is 1. The largest absolute Gasteiger partial charge is 0.497 e. The molecule has 0 radical (unpaired) electrons. The molecule has 0 bridgehead atoms. The number of methoxy groups -OCH3 is 1. The van der Waals surface area contributed by atoms with Crippen LogP contribution in [0.1, 0.15) is 13.8 Å². The first-order chi connectivity index (χ1) is 14.9. The number of allylic oxidation sites excluding steroid dienone is 1. The Labute approximate surface area is 197 Å². The van der Waals surface area contributed by atoms with Crippen LogP contribution in [0.4, 0.5) is 5.69 Å². The molecule has 1 saturated heterocycles. The van der Waals surface area contributed by atoms with Crippen LogP contribution < -0.4 is 24.4 Å². The Morgan fingerprint density at radius 1 is 1.16 bits per heavy atom. The highest BCUT2D eigenvalue weighted by atomic mass is 32.2. The molecule has 4 rings (SSSR count). The van der Waals surface area contributed by atoms with Gasteiger partial charge in [-0.25, -0.2) is 0 Å². The molecule has 31 heavy (non-hydrogen) atoms. The molecule has 6 nitrogen and oxygen atoms in total. The maximum absolute atomic E-state index is 13.5. The fourth-order valence-corrected chi connectivity index (χ4v) is 7.51. The molecular formula is C21H21N3O3S4. The van der Waals surface area contributed by atoms with Crippen molar-refractivity contribution >= 4 is 72.9 Å². The summed E-state index contributed by atoms with van der Waals surface area (Å²) >= 11 is 9.54. The average Bonchev–Trinajstić information content (AvgIpc) is 3.38. The average molecular weight is 492 g/mol. The van der Waals surface area contributed by atoms with Crippen molar-refractivity contribution in [1.82, 2.24) is 9.47 Å². The lowest BCUT2D eigenvalue weighted by molar-refractivity contribution is -0.120. The number of amides is 1. The molecule has 3 heterocycles. The van der Waals surface area contributed by atoms with Gasteiger partial charge in [0, 0.05) is 30.6 Å². The minimum atomic E-state index is -0.146. The number of thiocarbonyl (C=S) groups is 1. The number of benzene rings is 1. The summed E-state index contributed by atoms with van der Waals surface area (Å²) in [5.41, 5.74) is 0.895. The van der Waals surface area contributed by atoms with Crippen LogP contribution in [0.15, 0.2) is 40.5 Å². The summed E-state index contributed by atoms with van der Waals surface area (Å²) in [6.45, 7) is 9.26. The summed E-state index contributed by atoms with van der Waals surface area (Å²) < 4.78 is 8.77. The second-order valence-corrected chi connectivity index (χ2v) is 10.3. The number of thioether (sulfide) groups is 2. The van der Waals surface area contributed by atoms with Crippen molar-refractivity contribution in [2.75, 3.05) is 25.1 Å². The van der Waals surface area contributed by atoms with E-state index in [0.29, 0.717) is 38.1 Å². The second kappa shape index (κ2) is 8.85. The van der Waals surface area contributed by atoms with Crippen LogP contribution in [0.2, 0.25) is 0 Å². The number of hydrogen-bond donors (Lipinski definition) is 0. The van der Waals surface area contributed by atoms with Gasteiger partial charge in [-0.05, 0) is 26.0 Å². The van der Waals surface area contributed by atoms with Crippen molar-refractivity contribution in [3.8, 4) is 5.75 Å². The van der Waals surface area contributed by atoms with Gasteiger partial charge in [-0.1, -0.05) is 41.8 Å². The predicted molar refractivity (Wildman–Crippen MR) is 134 cm³/mol. The van der Waals surface area contributed by atoms with E-state index in [4.69, 9.17) is 17.0 Å². The van der Waals surface area contributed by atoms with Crippen LogP contribution in [-0.2, 0) is 11.3 Å². The van der Waals surface area contributed by atoms with Gasteiger partial charge in [0.15, 0.2) is 0 Å². The minimum Gasteiger partial charge on any atom is -0.497 e. The lowest BCUT2D eigenvalue weighted by Gasteiger charge is -2.17. The van der Waals surface area contributed by atoms with Gasteiger partial charge in [-0.3, -0.25) is 19.1 Å². The summed E-state index contributed by atoms with van der Waals surface area (Å²) in [6, 6.07) is 5.91. The fraction of sp³-hybridized carbons (Fsp3) is 0.286. The molecule has 2 aromatic rings. The Bertz CT molecular complexity index is 1280. The first-order valence-corrected chi connectivity index (χ1v) is 12.6. The monoisotopic (exact) mass is 491 g/mol. The molecule has 2 aliphatic heterocycles. The van der Waals surface area contributed by atoms with E-state index in [-0.39, 0.29) is 11.5 Å². The van der Waals surface area contributed by atoms with E-state index in [0.717, 1.165) is 21.4 Å². The summed E-state index contributed by atoms with van der Waals surface area (Å²) in [4.78, 5) is 31.6. The number of thiazole rings is 1. The molecule has 1 aromatic carbocycles. The zero-order valence-electron chi connectivity index (χ0n) is 17.3. The Kier molecular flexibility index (Phi) is 6.34. The molecule has 1 fully saturated rings. The summed E-state index contributed by atoms with van der Waals surface area (Å²) in [5, 5.41) is 0.871. The number of hydrogen-bond acceptors (Lipinski definition) is 8. The predicted octanol–water partition coefficient (Wildman–Crippen LogP) is 2.79. The van der Waals surface area contributed by atoms with E-state index >= 15 is 0 Å². The van der Waals surface area contributed by atoms with Gasteiger partial charge < -0.3 is 9.64 Å². The Morgan fingerprint density at radius 2 is 1.90 bits per heavy atom. The van der Waals surface area contributed by atoms with Gasteiger partial charge in [0.25, 0.3) is 11.5 Å². The lowest BCUT2D eigenvalue weighted by Crippen LogP contribution is -2.35. The van der Waals surface area contributed by atoms with Crippen LogP contribution in [0.3, 0.4) is 0 Å². The molecule has 162 valence electrons. The maximum atomic E-state index is 13.5. The fourth-order valence-electron chi connectivity index (χ4n) is 3.48. The van der Waals surface area contributed by atoms with Crippen molar-refractivity contribution < 1.29 is 9.53 Å². The molecule has 0 saturated carbocycles. The van der Waals surface area contributed by atoms with Crippen molar-refractivity contribution in [2.24, 2.45) is 0 Å². The van der Waals surface area contributed by atoms with Gasteiger partial charge in [0.05, 0.1) is 12.8 Å². The van der Waals surface area contributed by atoms with Crippen molar-refractivity contribution in [3.05, 3.63) is 50.4 Å². The Balaban J connectivity index is 1.99. The van der Waals surface area contributed by atoms with Crippen LogP contribution >= 0.6 is 47.1 Å². The quantitative estimate of drug-likeness (QED) is 0.471. The topological polar surface area (TPSA) is 54.8 Å². The molecule has 10 heteroatoms. The number of ether oxygens (including phenoxy) is 1. The van der Waals surface area contributed by atoms with E-state index < -0.39 is 0 Å². The second-order valence-electron chi connectivity index (χ2n) is 6.67. The number of carbonyl (C=O) groups excluding carboxylic acids is 1. The summed E-state index contributed by atoms with van der Waals surface area (Å²) in [7, 11) is 1.64. The smallest absolute Gasteiger partial charge is 0.272 e. The minimum absolute atomic E-state index is 0.123. The van der Waals surface area contributed by atoms with Gasteiger partial charge >= 0.3 is 0 Å². The molecular weight excluding hydrogens is 471 g/mol. The van der Waals surface area contributed by atoms with Gasteiger partial charge in [-0.2, -0.15) is 0 Å². The van der Waals surface area contributed by atoms with Crippen LogP contribution in [-0.4, -0.2) is 39.9 Å². The Morgan fingerprint density at radius 3 is 2.52 bits per heavy atom. The maximum Gasteiger partial charge on any atom is 0.272 e. The lowest BCUT2D eigenvalue weighted by atomic mass is 10.2. The third-order valence-electron chi connectivity index (χ3n) is 4.97. The first-order valence-electron chi connectivity index (χ1n) is 9.71. The molecule has 0 aliphatic carbocycles. The molecule has 1 amide bonds. The SMILES string of the molecule is C=CCn1c(=C2SC(=S)N(CC)C2=O)sc(=C2Sc3ccc(OC)cc3N2CC)c1=O. The highest BCUT2D eigenvalue weighted by molar-refractivity contribution is 8.30. The molecule has 1 aromatic heterocycles. The number of anilines is 1. The van der Waals surface area contributed by atoms with E-state index in [1.54, 1.807) is 34.4 Å². The van der Waals surface area contributed by atoms with Gasteiger partial charge in [0.1, 0.15) is 29.2 Å². The molecule has 2 aliphatic rings. The highest BCUT2D eigenvalue weighted by Crippen LogP contribution is 2.47. The normalized spacial score (nSPS) is 19.3. The zero-order chi connectivity index (χ0) is 22.3. The third kappa shape index (κ3) is 3.65. The van der Waals surface area contributed by atoms with Gasteiger partial charge in [0.2, 0.25) is 0 Å². The van der Waals surface area contributed by atoms with Crippen LogP contribution in [0.5, 0.6) is 5.75 Å². The van der Waals surface area contributed by atoms with E-state index in [9.17, 15) is 9.59 Å². The van der Waals surface area contributed by atoms with E-state index in [2.05, 4.69) is 18.4 Å². The summed E-state index contributed by atoms with van der Waals surface area (Å²) in [6.07, 6.45) is 1.67. The summed E-state index contributed by atoms with van der Waals surface area (Å²) in [5.74, 6) is 0.624. The number of nitrogens with zero attached hydrogens (tertiary/aromatic N) is 3. The Hall–Kier alpha value is -2.01. The third-order valence-corrected chi connectivity index (χ3v) is 9.04. The van der Waals surface area contributed by atoms with Crippen LogP contribution in [0.25, 0.3) is 9.93 Å². The van der Waals surface area contributed by atoms with E-state index in [1.165, 1.54) is 23.1 Å². The standard InChI is InChI=1S/C21H21N3O3S4/c1-5-10-24-18(26)15(30-20(24)16-17(25)23(7-3)21(28)31-16)19-22(6-2)13-11-12(27-4)8-9-14(13)29-19/h5,8-9,11H,1,6-7,10H2,2-4H3. The van der Waals surface area contributed by atoms with E-state index in [1.807, 2.05) is 25.1 Å². The zero-order valence-corrected chi connectivity index (χ0v) is 20.6. The van der Waals surface area contributed by atoms with Crippen molar-refractivity contribution in [2.45, 2.75) is 25.3 Å². The number of rotatable bonds is 5. The van der Waals surface area contributed by atoms with Crippen molar-refractivity contribution in [3.63, 3.8) is 0 Å². The van der Waals surface area contributed by atoms with Gasteiger partial charge in [-0.15, -0.1) is 17.9 Å².